The van der Waals surface area contributed by atoms with Crippen molar-refractivity contribution in [2.45, 2.75) is 21.4 Å². The summed E-state index contributed by atoms with van der Waals surface area (Å²) in [7, 11) is 0. The summed E-state index contributed by atoms with van der Waals surface area (Å²) in [5.74, 6) is 1.46. The minimum absolute atomic E-state index is 0.477. The van der Waals surface area contributed by atoms with E-state index < -0.39 is 11.6 Å². The molecule has 0 saturated carbocycles. The molecule has 6 heteroatoms. The molecule has 2 aliphatic heterocycles. The Hall–Kier alpha value is -8.06. The lowest BCUT2D eigenvalue weighted by atomic mass is 9.67. The van der Waals surface area contributed by atoms with Crippen molar-refractivity contribution in [2.75, 3.05) is 0 Å². The Balaban J connectivity index is 0.982. The van der Waals surface area contributed by atoms with Gasteiger partial charge in [-0.05, 0) is 92.9 Å². The van der Waals surface area contributed by atoms with Gasteiger partial charge in [0.05, 0.1) is 22.2 Å². The first-order chi connectivity index (χ1) is 32.2. The van der Waals surface area contributed by atoms with Gasteiger partial charge in [0.15, 0.2) is 6.17 Å². The monoisotopic (exact) mass is 848 g/mol. The lowest BCUT2D eigenvalue weighted by Crippen LogP contribution is -2.36. The van der Waals surface area contributed by atoms with Crippen LogP contribution in [0.2, 0.25) is 0 Å². The van der Waals surface area contributed by atoms with Gasteiger partial charge in [-0.3, -0.25) is 0 Å². The molecule has 65 heavy (non-hydrogen) atoms. The molecule has 1 unspecified atom stereocenters. The topological polar surface area (TPSA) is 62.8 Å². The first-order valence-electron chi connectivity index (χ1n) is 22.0. The summed E-state index contributed by atoms with van der Waals surface area (Å²) in [6.45, 7) is 0. The average Bonchev–Trinajstić information content (AvgIpc) is 3.89. The Morgan fingerprint density at radius 2 is 1.09 bits per heavy atom. The Morgan fingerprint density at radius 3 is 1.94 bits per heavy atom. The van der Waals surface area contributed by atoms with Crippen LogP contribution in [0.15, 0.2) is 230 Å². The van der Waals surface area contributed by atoms with Gasteiger partial charge in [-0.25, -0.2) is 15.0 Å². The first kappa shape index (κ1) is 36.4. The second-order valence-electron chi connectivity index (χ2n) is 17.0. The lowest BCUT2D eigenvalue weighted by molar-refractivity contribution is 0.667. The largest absolute Gasteiger partial charge is 0.455 e. The highest BCUT2D eigenvalue weighted by molar-refractivity contribution is 7.99. The number of para-hydroxylation sites is 3. The number of aliphatic imine (C=N–C) groups is 2. The quantitative estimate of drug-likeness (QED) is 0.179. The molecule has 0 amide bonds. The van der Waals surface area contributed by atoms with Crippen molar-refractivity contribution in [3.8, 4) is 22.4 Å². The zero-order chi connectivity index (χ0) is 42.6. The molecule has 4 heterocycles. The van der Waals surface area contributed by atoms with Gasteiger partial charge in [0.1, 0.15) is 22.8 Å². The van der Waals surface area contributed by atoms with Gasteiger partial charge in [0.2, 0.25) is 0 Å². The van der Waals surface area contributed by atoms with Gasteiger partial charge >= 0.3 is 0 Å². The van der Waals surface area contributed by atoms with E-state index >= 15 is 0 Å². The molecule has 2 aromatic heterocycles. The van der Waals surface area contributed by atoms with E-state index in [1.165, 1.54) is 48.6 Å². The predicted octanol–water partition coefficient (Wildman–Crippen LogP) is 14.3. The van der Waals surface area contributed by atoms with E-state index in [9.17, 15) is 0 Å². The molecular weight excluding hydrogens is 813 g/mol. The molecule has 0 saturated heterocycles. The van der Waals surface area contributed by atoms with Crippen LogP contribution in [0, 0.1) is 0 Å². The van der Waals surface area contributed by atoms with Gasteiger partial charge in [0.25, 0.3) is 0 Å². The van der Waals surface area contributed by atoms with Crippen LogP contribution in [-0.2, 0) is 5.41 Å². The number of pyridine rings is 1. The minimum atomic E-state index is -0.534. The number of rotatable bonds is 4. The molecule has 0 radical (unpaired) electrons. The summed E-state index contributed by atoms with van der Waals surface area (Å²) in [5, 5.41) is 9.16. The summed E-state index contributed by atoms with van der Waals surface area (Å²) in [5.41, 5.74) is 14.7. The number of furan rings is 1. The Kier molecular flexibility index (Phi) is 7.83. The van der Waals surface area contributed by atoms with Crippen LogP contribution in [0.5, 0.6) is 0 Å². The molecule has 1 atom stereocenters. The van der Waals surface area contributed by atoms with Crippen LogP contribution in [-0.4, -0.2) is 16.7 Å². The van der Waals surface area contributed by atoms with Crippen molar-refractivity contribution in [3.63, 3.8) is 0 Å². The van der Waals surface area contributed by atoms with Crippen LogP contribution < -0.4 is 5.32 Å². The van der Waals surface area contributed by atoms with Gasteiger partial charge in [-0.1, -0.05) is 169 Å². The minimum Gasteiger partial charge on any atom is -0.455 e. The van der Waals surface area contributed by atoms with Crippen molar-refractivity contribution in [1.82, 2.24) is 10.3 Å². The third-order valence-corrected chi connectivity index (χ3v) is 14.7. The van der Waals surface area contributed by atoms with Gasteiger partial charge < -0.3 is 9.73 Å². The number of hydrogen-bond acceptors (Lipinski definition) is 6. The Labute approximate surface area is 378 Å². The number of benzene rings is 9. The van der Waals surface area contributed by atoms with Gasteiger partial charge in [-0.15, -0.1) is 0 Å². The van der Waals surface area contributed by atoms with E-state index in [2.05, 4.69) is 175 Å². The first-order valence-corrected chi connectivity index (χ1v) is 22.9. The third kappa shape index (κ3) is 5.32. The molecule has 1 N–H and O–H groups in total. The smallest absolute Gasteiger partial charge is 0.169 e. The molecule has 1 spiro atoms. The van der Waals surface area contributed by atoms with Crippen molar-refractivity contribution >= 4 is 67.0 Å². The SMILES string of the molecule is c1ccc(C2=NC(c3cccc(-c4nc5ccccc5c5cc6c(cc45)-c4ccccc4C64c5ccccc5Sc5ccccc54)c3)N=C(c3cccc4c3oc3ccccc34)N2)cc1. The Bertz CT molecular complexity index is 3820. The second-order valence-corrected chi connectivity index (χ2v) is 18.1. The number of amidine groups is 2. The fourth-order valence-electron chi connectivity index (χ4n) is 10.8. The molecular formula is C59H36N4OS. The molecule has 3 aliphatic rings. The molecule has 1 aliphatic carbocycles. The van der Waals surface area contributed by atoms with E-state index in [4.69, 9.17) is 19.4 Å². The van der Waals surface area contributed by atoms with E-state index in [1.54, 1.807) is 0 Å². The maximum Gasteiger partial charge on any atom is 0.169 e. The number of nitrogens with one attached hydrogen (secondary N) is 1. The van der Waals surface area contributed by atoms with Gasteiger partial charge in [-0.2, -0.15) is 0 Å². The fourth-order valence-corrected chi connectivity index (χ4v) is 12.0. The highest BCUT2D eigenvalue weighted by atomic mass is 32.2. The standard InChI is InChI=1S/C59H36N4OS/c1-2-16-35(17-3-1)56-61-57(63-58(62-56)42-24-15-23-41-40-22-6-11-29-51(40)64-55(41)42)37-19-14-18-36(32-37)54-45-33-44-38-20-4-7-25-46(38)59(49(44)34-43(45)39-21-5-10-28-50(39)60-54)47-26-8-12-30-52(47)65-53-31-13-9-27-48(53)59/h1-34,57H,(H,61,62,63). The normalized spacial score (nSPS) is 15.6. The molecule has 0 bridgehead atoms. The number of hydrogen-bond donors (Lipinski definition) is 1. The lowest BCUT2D eigenvalue weighted by Gasteiger charge is -2.39. The number of fused-ring (bicyclic) bond motifs is 15. The fraction of sp³-hybridized carbons (Fsp3) is 0.0339. The third-order valence-electron chi connectivity index (χ3n) is 13.6. The summed E-state index contributed by atoms with van der Waals surface area (Å²) < 4.78 is 6.53. The van der Waals surface area contributed by atoms with Crippen molar-refractivity contribution in [1.29, 1.82) is 0 Å². The summed E-state index contributed by atoms with van der Waals surface area (Å²) in [6, 6.07) is 73.9. The molecule has 0 fully saturated rings. The zero-order valence-corrected chi connectivity index (χ0v) is 35.7. The summed E-state index contributed by atoms with van der Waals surface area (Å²) in [6.07, 6.45) is -0.534. The molecule has 304 valence electrons. The van der Waals surface area contributed by atoms with Crippen LogP contribution in [0.4, 0.5) is 0 Å². The maximum absolute atomic E-state index is 6.53. The molecule has 5 nitrogen and oxygen atoms in total. The van der Waals surface area contributed by atoms with Crippen LogP contribution >= 0.6 is 11.8 Å². The Morgan fingerprint density at radius 1 is 0.446 bits per heavy atom. The average molecular weight is 849 g/mol. The summed E-state index contributed by atoms with van der Waals surface area (Å²) in [4.78, 5) is 18.7. The highest BCUT2D eigenvalue weighted by Gasteiger charge is 2.50. The second kappa shape index (κ2) is 14.0. The van der Waals surface area contributed by atoms with E-state index in [1.807, 2.05) is 48.2 Å². The van der Waals surface area contributed by atoms with E-state index in [0.717, 1.165) is 72.0 Å². The molecule has 14 rings (SSSR count). The molecule has 11 aromatic rings. The number of nitrogens with zero attached hydrogens (tertiary/aromatic N) is 3. The van der Waals surface area contributed by atoms with Crippen LogP contribution in [0.1, 0.15) is 45.1 Å². The van der Waals surface area contributed by atoms with E-state index in [0.29, 0.717) is 5.84 Å². The molecule has 9 aromatic carbocycles. The predicted molar refractivity (Wildman–Crippen MR) is 265 cm³/mol. The maximum atomic E-state index is 6.53. The van der Waals surface area contributed by atoms with Crippen molar-refractivity contribution in [2.24, 2.45) is 9.98 Å². The van der Waals surface area contributed by atoms with E-state index in [-0.39, 0.29) is 0 Å². The van der Waals surface area contributed by atoms with Crippen molar-refractivity contribution in [3.05, 3.63) is 245 Å². The number of aromatic nitrogens is 1. The van der Waals surface area contributed by atoms with Crippen molar-refractivity contribution < 1.29 is 4.42 Å². The highest BCUT2D eigenvalue weighted by Crippen LogP contribution is 2.63. The van der Waals surface area contributed by atoms with Crippen LogP contribution in [0.3, 0.4) is 0 Å². The van der Waals surface area contributed by atoms with Crippen LogP contribution in [0.25, 0.3) is 66.0 Å². The van der Waals surface area contributed by atoms with Gasteiger partial charge in [0, 0.05) is 42.5 Å². The summed E-state index contributed by atoms with van der Waals surface area (Å²) >= 11 is 1.87. The zero-order valence-electron chi connectivity index (χ0n) is 34.9.